The Morgan fingerprint density at radius 3 is 2.62 bits per heavy atom. The number of rotatable bonds is 6. The summed E-state index contributed by atoms with van der Waals surface area (Å²) in [6.07, 6.45) is 3.68. The highest BCUT2D eigenvalue weighted by molar-refractivity contribution is 5.67. The van der Waals surface area contributed by atoms with E-state index in [-0.39, 0.29) is 11.8 Å². The van der Waals surface area contributed by atoms with Gasteiger partial charge in [0.05, 0.1) is 6.42 Å². The molecule has 0 saturated heterocycles. The summed E-state index contributed by atoms with van der Waals surface area (Å²) in [5.41, 5.74) is 0.930. The van der Waals surface area contributed by atoms with Gasteiger partial charge in [-0.15, -0.1) is 0 Å². The Hall–Kier alpha value is -1.42. The van der Waals surface area contributed by atoms with E-state index in [0.29, 0.717) is 6.54 Å². The van der Waals surface area contributed by atoms with Crippen molar-refractivity contribution in [3.63, 3.8) is 0 Å². The van der Waals surface area contributed by atoms with Gasteiger partial charge in [-0.25, -0.2) is 0 Å². The van der Waals surface area contributed by atoms with Crippen molar-refractivity contribution in [2.75, 3.05) is 6.54 Å². The van der Waals surface area contributed by atoms with Gasteiger partial charge in [-0.1, -0.05) is 13.8 Å². The van der Waals surface area contributed by atoms with Crippen LogP contribution in [0.15, 0.2) is 24.5 Å². The van der Waals surface area contributed by atoms with Crippen LogP contribution in [0.25, 0.3) is 0 Å². The lowest BCUT2D eigenvalue weighted by atomic mass is 9.89. The lowest BCUT2D eigenvalue weighted by molar-refractivity contribution is -0.139. The van der Waals surface area contributed by atoms with Gasteiger partial charge in [0, 0.05) is 25.5 Å². The number of aromatic nitrogens is 1. The quantitative estimate of drug-likeness (QED) is 0.768. The van der Waals surface area contributed by atoms with Crippen LogP contribution >= 0.6 is 0 Å². The molecule has 1 aromatic rings. The number of carboxylic acids is 1. The third-order valence-corrected chi connectivity index (χ3v) is 2.31. The van der Waals surface area contributed by atoms with Gasteiger partial charge in [0.2, 0.25) is 0 Å². The van der Waals surface area contributed by atoms with E-state index in [2.05, 4.69) is 10.3 Å². The SMILES string of the molecule is CC(C)(CNCc1ccncc1)CC(=O)O. The maximum Gasteiger partial charge on any atom is 0.303 e. The average molecular weight is 222 g/mol. The minimum Gasteiger partial charge on any atom is -0.481 e. The third kappa shape index (κ3) is 4.89. The second kappa shape index (κ2) is 5.61. The second-order valence-corrected chi connectivity index (χ2v) is 4.69. The zero-order valence-electron chi connectivity index (χ0n) is 9.73. The first-order valence-electron chi connectivity index (χ1n) is 5.31. The zero-order chi connectivity index (χ0) is 12.0. The van der Waals surface area contributed by atoms with E-state index in [9.17, 15) is 4.79 Å². The van der Waals surface area contributed by atoms with E-state index in [0.717, 1.165) is 12.1 Å². The van der Waals surface area contributed by atoms with Crippen LogP contribution in [0.3, 0.4) is 0 Å². The minimum atomic E-state index is -0.754. The van der Waals surface area contributed by atoms with E-state index >= 15 is 0 Å². The minimum absolute atomic E-state index is 0.177. The van der Waals surface area contributed by atoms with Crippen molar-refractivity contribution in [1.29, 1.82) is 0 Å². The summed E-state index contributed by atoms with van der Waals surface area (Å²) >= 11 is 0. The lowest BCUT2D eigenvalue weighted by Crippen LogP contribution is -2.31. The molecular formula is C12H18N2O2. The molecule has 0 radical (unpaired) electrons. The number of carbonyl (C=O) groups is 1. The molecule has 0 saturated carbocycles. The number of hydrogen-bond donors (Lipinski definition) is 2. The van der Waals surface area contributed by atoms with E-state index in [1.807, 2.05) is 26.0 Å². The van der Waals surface area contributed by atoms with Gasteiger partial charge >= 0.3 is 5.97 Å². The van der Waals surface area contributed by atoms with Crippen LogP contribution in [0.1, 0.15) is 25.8 Å². The molecule has 4 nitrogen and oxygen atoms in total. The Morgan fingerprint density at radius 2 is 2.06 bits per heavy atom. The Morgan fingerprint density at radius 1 is 1.44 bits per heavy atom. The molecule has 2 N–H and O–H groups in total. The van der Waals surface area contributed by atoms with Crippen LogP contribution in [0, 0.1) is 5.41 Å². The molecule has 1 aromatic heterocycles. The van der Waals surface area contributed by atoms with Gasteiger partial charge in [-0.3, -0.25) is 9.78 Å². The Balaban J connectivity index is 2.32. The Kier molecular flexibility index (Phi) is 4.43. The van der Waals surface area contributed by atoms with Crippen LogP contribution in [0.5, 0.6) is 0 Å². The predicted octanol–water partition coefficient (Wildman–Crippen LogP) is 1.67. The fourth-order valence-corrected chi connectivity index (χ4v) is 1.52. The van der Waals surface area contributed by atoms with Crippen LogP contribution < -0.4 is 5.32 Å². The van der Waals surface area contributed by atoms with Gasteiger partial charge < -0.3 is 10.4 Å². The molecule has 0 aliphatic heterocycles. The van der Waals surface area contributed by atoms with Crippen molar-refractivity contribution >= 4 is 5.97 Å². The van der Waals surface area contributed by atoms with E-state index in [4.69, 9.17) is 5.11 Å². The summed E-state index contributed by atoms with van der Waals surface area (Å²) in [7, 11) is 0. The summed E-state index contributed by atoms with van der Waals surface area (Å²) in [6, 6.07) is 3.88. The van der Waals surface area contributed by atoms with Crippen LogP contribution in [-0.2, 0) is 11.3 Å². The molecule has 0 aromatic carbocycles. The van der Waals surface area contributed by atoms with Crippen molar-refractivity contribution in [3.05, 3.63) is 30.1 Å². The molecule has 16 heavy (non-hydrogen) atoms. The normalized spacial score (nSPS) is 11.4. The van der Waals surface area contributed by atoms with E-state index < -0.39 is 5.97 Å². The Bertz CT molecular complexity index is 336. The number of hydrogen-bond acceptors (Lipinski definition) is 3. The smallest absolute Gasteiger partial charge is 0.303 e. The van der Waals surface area contributed by atoms with Gasteiger partial charge in [0.15, 0.2) is 0 Å². The molecule has 0 amide bonds. The Labute approximate surface area is 95.7 Å². The predicted molar refractivity (Wildman–Crippen MR) is 62.0 cm³/mol. The maximum atomic E-state index is 10.6. The summed E-state index contributed by atoms with van der Waals surface area (Å²) in [4.78, 5) is 14.5. The van der Waals surface area contributed by atoms with Gasteiger partial charge in [0.1, 0.15) is 0 Å². The molecule has 0 unspecified atom stereocenters. The van der Waals surface area contributed by atoms with E-state index in [1.54, 1.807) is 12.4 Å². The van der Waals surface area contributed by atoms with Crippen molar-refractivity contribution < 1.29 is 9.90 Å². The fraction of sp³-hybridized carbons (Fsp3) is 0.500. The summed E-state index contributed by atoms with van der Waals surface area (Å²) < 4.78 is 0. The summed E-state index contributed by atoms with van der Waals surface area (Å²) in [5, 5.41) is 12.0. The van der Waals surface area contributed by atoms with Crippen molar-refractivity contribution in [2.24, 2.45) is 5.41 Å². The molecule has 4 heteroatoms. The number of nitrogens with zero attached hydrogens (tertiary/aromatic N) is 1. The van der Waals surface area contributed by atoms with Crippen molar-refractivity contribution in [2.45, 2.75) is 26.8 Å². The molecule has 0 atom stereocenters. The standard InChI is InChI=1S/C12H18N2O2/c1-12(2,7-11(15)16)9-14-8-10-3-5-13-6-4-10/h3-6,14H,7-9H2,1-2H3,(H,15,16). The number of aliphatic carboxylic acids is 1. The molecule has 88 valence electrons. The largest absolute Gasteiger partial charge is 0.481 e. The zero-order valence-corrected chi connectivity index (χ0v) is 9.73. The molecule has 0 aliphatic carbocycles. The highest BCUT2D eigenvalue weighted by atomic mass is 16.4. The average Bonchev–Trinajstić information content (AvgIpc) is 2.16. The van der Waals surface area contributed by atoms with Crippen LogP contribution in [0.4, 0.5) is 0 Å². The molecule has 0 spiro atoms. The van der Waals surface area contributed by atoms with Crippen molar-refractivity contribution in [3.8, 4) is 0 Å². The molecule has 1 heterocycles. The lowest BCUT2D eigenvalue weighted by Gasteiger charge is -2.22. The van der Waals surface area contributed by atoms with Gasteiger partial charge in [-0.05, 0) is 23.1 Å². The first kappa shape index (κ1) is 12.6. The number of pyridine rings is 1. The topological polar surface area (TPSA) is 62.2 Å². The molecule has 0 bridgehead atoms. The summed E-state index contributed by atoms with van der Waals surface area (Å²) in [6.45, 7) is 5.31. The monoisotopic (exact) mass is 222 g/mol. The van der Waals surface area contributed by atoms with Crippen LogP contribution in [-0.4, -0.2) is 22.6 Å². The number of nitrogens with one attached hydrogen (secondary N) is 1. The fourth-order valence-electron chi connectivity index (χ4n) is 1.52. The maximum absolute atomic E-state index is 10.6. The first-order valence-corrected chi connectivity index (χ1v) is 5.31. The summed E-state index contributed by atoms with van der Waals surface area (Å²) in [5.74, 6) is -0.754. The molecule has 1 rings (SSSR count). The third-order valence-electron chi connectivity index (χ3n) is 2.31. The highest BCUT2D eigenvalue weighted by Gasteiger charge is 2.20. The first-order chi connectivity index (χ1) is 7.49. The second-order valence-electron chi connectivity index (χ2n) is 4.69. The van der Waals surface area contributed by atoms with Gasteiger partial charge in [0.25, 0.3) is 0 Å². The number of carboxylic acid groups (broad SMARTS) is 1. The molecular weight excluding hydrogens is 204 g/mol. The van der Waals surface area contributed by atoms with E-state index in [1.165, 1.54) is 0 Å². The van der Waals surface area contributed by atoms with Crippen LogP contribution in [0.2, 0.25) is 0 Å². The van der Waals surface area contributed by atoms with Crippen molar-refractivity contribution in [1.82, 2.24) is 10.3 Å². The van der Waals surface area contributed by atoms with Gasteiger partial charge in [-0.2, -0.15) is 0 Å². The molecule has 0 fully saturated rings. The highest BCUT2D eigenvalue weighted by Crippen LogP contribution is 2.18. The molecule has 0 aliphatic rings.